The summed E-state index contributed by atoms with van der Waals surface area (Å²) in [5.41, 5.74) is 2.07. The van der Waals surface area contributed by atoms with E-state index in [0.29, 0.717) is 5.11 Å². The zero-order chi connectivity index (χ0) is 9.84. The Hall–Kier alpha value is -1.16. The average Bonchev–Trinajstić information content (AvgIpc) is 2.11. The van der Waals surface area contributed by atoms with Crippen molar-refractivity contribution in [2.24, 2.45) is 0 Å². The molecule has 0 atom stereocenters. The van der Waals surface area contributed by atoms with Crippen molar-refractivity contribution in [1.82, 2.24) is 10.3 Å². The maximum absolute atomic E-state index is 4.98. The first-order valence-electron chi connectivity index (χ1n) is 4.06. The van der Waals surface area contributed by atoms with Crippen LogP contribution in [-0.2, 0) is 0 Å². The number of aryl methyl sites for hydroxylation is 2. The van der Waals surface area contributed by atoms with E-state index >= 15 is 0 Å². The minimum atomic E-state index is 0.584. The van der Waals surface area contributed by atoms with E-state index in [1.165, 1.54) is 0 Å². The number of hydrogen-bond donors (Lipinski definition) is 2. The predicted molar refractivity (Wildman–Crippen MR) is 59.0 cm³/mol. The first-order chi connectivity index (χ1) is 6.13. The number of thiocarbonyl (C=S) groups is 1. The smallest absolute Gasteiger partial charge is 0.171 e. The van der Waals surface area contributed by atoms with Gasteiger partial charge in [0.25, 0.3) is 0 Å². The van der Waals surface area contributed by atoms with Crippen LogP contribution < -0.4 is 10.6 Å². The molecule has 0 fully saturated rings. The van der Waals surface area contributed by atoms with Crippen LogP contribution in [0.4, 0.5) is 5.82 Å². The third kappa shape index (κ3) is 2.66. The summed E-state index contributed by atoms with van der Waals surface area (Å²) in [6, 6.07) is 3.99. The third-order valence-corrected chi connectivity index (χ3v) is 2.00. The Morgan fingerprint density at radius 2 is 2.08 bits per heavy atom. The molecule has 2 N–H and O–H groups in total. The van der Waals surface area contributed by atoms with Crippen LogP contribution in [0.15, 0.2) is 12.1 Å². The number of nitrogens with zero attached hydrogens (tertiary/aromatic N) is 1. The number of hydrogen-bond acceptors (Lipinski definition) is 2. The molecule has 0 unspecified atom stereocenters. The molecule has 1 heterocycles. The lowest BCUT2D eigenvalue weighted by atomic mass is 10.2. The molecule has 0 bridgehead atoms. The highest BCUT2D eigenvalue weighted by atomic mass is 32.1. The van der Waals surface area contributed by atoms with Gasteiger partial charge in [-0.1, -0.05) is 6.07 Å². The molecule has 13 heavy (non-hydrogen) atoms. The highest BCUT2D eigenvalue weighted by Gasteiger charge is 2.00. The van der Waals surface area contributed by atoms with Gasteiger partial charge in [-0.25, -0.2) is 4.98 Å². The van der Waals surface area contributed by atoms with Crippen molar-refractivity contribution < 1.29 is 0 Å². The van der Waals surface area contributed by atoms with E-state index in [9.17, 15) is 0 Å². The molecule has 0 radical (unpaired) electrons. The Morgan fingerprint density at radius 1 is 1.38 bits per heavy atom. The molecular weight excluding hydrogens is 182 g/mol. The number of nitrogens with one attached hydrogen (secondary N) is 2. The lowest BCUT2D eigenvalue weighted by Crippen LogP contribution is -2.25. The predicted octanol–water partition coefficient (Wildman–Crippen LogP) is 1.61. The fourth-order valence-corrected chi connectivity index (χ4v) is 1.02. The third-order valence-electron chi connectivity index (χ3n) is 1.70. The molecule has 1 aromatic rings. The fourth-order valence-electron chi connectivity index (χ4n) is 0.923. The van der Waals surface area contributed by atoms with Gasteiger partial charge in [0, 0.05) is 12.7 Å². The van der Waals surface area contributed by atoms with Gasteiger partial charge in [-0.15, -0.1) is 0 Å². The van der Waals surface area contributed by atoms with Crippen LogP contribution in [0.5, 0.6) is 0 Å². The van der Waals surface area contributed by atoms with Crippen molar-refractivity contribution >= 4 is 23.1 Å². The molecule has 1 rings (SSSR count). The molecule has 0 amide bonds. The molecule has 70 valence electrons. The second kappa shape index (κ2) is 4.18. The first-order valence-corrected chi connectivity index (χ1v) is 4.47. The summed E-state index contributed by atoms with van der Waals surface area (Å²) in [6.07, 6.45) is 0. The fraction of sp³-hybridized carbons (Fsp3) is 0.333. The number of pyridine rings is 1. The Kier molecular flexibility index (Phi) is 3.19. The van der Waals surface area contributed by atoms with Crippen molar-refractivity contribution in [1.29, 1.82) is 0 Å². The molecule has 3 nitrogen and oxygen atoms in total. The SMILES string of the molecule is CNC(=S)Nc1nc(C)ccc1C. The van der Waals surface area contributed by atoms with Gasteiger partial charge in [0.05, 0.1) is 0 Å². The Balaban J connectivity index is 2.87. The second-order valence-corrected chi connectivity index (χ2v) is 3.23. The lowest BCUT2D eigenvalue weighted by molar-refractivity contribution is 1.15. The molecule has 0 aliphatic heterocycles. The van der Waals surface area contributed by atoms with Crippen LogP contribution in [0.1, 0.15) is 11.3 Å². The maximum atomic E-state index is 4.98. The topological polar surface area (TPSA) is 37.0 Å². The zero-order valence-electron chi connectivity index (χ0n) is 8.01. The summed E-state index contributed by atoms with van der Waals surface area (Å²) in [5, 5.41) is 6.43. The van der Waals surface area contributed by atoms with Crippen LogP contribution >= 0.6 is 12.2 Å². The zero-order valence-corrected chi connectivity index (χ0v) is 8.83. The second-order valence-electron chi connectivity index (χ2n) is 2.82. The van der Waals surface area contributed by atoms with Crippen LogP contribution in [0.2, 0.25) is 0 Å². The van der Waals surface area contributed by atoms with Gasteiger partial charge in [-0.3, -0.25) is 0 Å². The summed E-state index contributed by atoms with van der Waals surface area (Å²) in [4.78, 5) is 4.32. The van der Waals surface area contributed by atoms with Gasteiger partial charge in [-0.2, -0.15) is 0 Å². The van der Waals surface area contributed by atoms with E-state index in [1.54, 1.807) is 7.05 Å². The number of aromatic nitrogens is 1. The molecule has 0 saturated heterocycles. The van der Waals surface area contributed by atoms with E-state index in [4.69, 9.17) is 12.2 Å². The number of rotatable bonds is 1. The minimum absolute atomic E-state index is 0.584. The van der Waals surface area contributed by atoms with Gasteiger partial charge in [0.15, 0.2) is 5.11 Å². The van der Waals surface area contributed by atoms with Gasteiger partial charge in [0.2, 0.25) is 0 Å². The van der Waals surface area contributed by atoms with Crippen molar-refractivity contribution in [3.05, 3.63) is 23.4 Å². The van der Waals surface area contributed by atoms with E-state index < -0.39 is 0 Å². The van der Waals surface area contributed by atoms with Crippen molar-refractivity contribution in [2.45, 2.75) is 13.8 Å². The van der Waals surface area contributed by atoms with Crippen molar-refractivity contribution in [3.8, 4) is 0 Å². The van der Waals surface area contributed by atoms with Crippen LogP contribution in [0, 0.1) is 13.8 Å². The van der Waals surface area contributed by atoms with E-state index in [-0.39, 0.29) is 0 Å². The van der Waals surface area contributed by atoms with Crippen LogP contribution in [0.25, 0.3) is 0 Å². The van der Waals surface area contributed by atoms with E-state index in [1.807, 2.05) is 26.0 Å². The Bertz CT molecular complexity index is 323. The van der Waals surface area contributed by atoms with Crippen molar-refractivity contribution in [2.75, 3.05) is 12.4 Å². The Morgan fingerprint density at radius 3 is 2.69 bits per heavy atom. The van der Waals surface area contributed by atoms with Gasteiger partial charge in [0.1, 0.15) is 5.82 Å². The number of anilines is 1. The molecule has 0 spiro atoms. The lowest BCUT2D eigenvalue weighted by Gasteiger charge is -2.09. The summed E-state index contributed by atoms with van der Waals surface area (Å²) in [5.74, 6) is 0.819. The molecule has 0 aromatic carbocycles. The molecule has 0 aliphatic carbocycles. The summed E-state index contributed by atoms with van der Waals surface area (Å²) in [7, 11) is 1.78. The van der Waals surface area contributed by atoms with Gasteiger partial charge < -0.3 is 10.6 Å². The molecule has 0 saturated carbocycles. The first kappa shape index (κ1) is 9.92. The van der Waals surface area contributed by atoms with Crippen molar-refractivity contribution in [3.63, 3.8) is 0 Å². The highest BCUT2D eigenvalue weighted by molar-refractivity contribution is 7.80. The summed E-state index contributed by atoms with van der Waals surface area (Å²) >= 11 is 4.98. The quantitative estimate of drug-likeness (QED) is 0.668. The molecule has 0 aliphatic rings. The average molecular weight is 195 g/mol. The maximum Gasteiger partial charge on any atom is 0.171 e. The molecule has 4 heteroatoms. The molecule has 1 aromatic heterocycles. The van der Waals surface area contributed by atoms with Gasteiger partial charge >= 0.3 is 0 Å². The summed E-state index contributed by atoms with van der Waals surface area (Å²) < 4.78 is 0. The van der Waals surface area contributed by atoms with E-state index in [0.717, 1.165) is 17.1 Å². The molecular formula is C9H13N3S. The Labute approximate surface area is 83.6 Å². The summed E-state index contributed by atoms with van der Waals surface area (Å²) in [6.45, 7) is 3.94. The highest BCUT2D eigenvalue weighted by Crippen LogP contribution is 2.11. The van der Waals surface area contributed by atoms with Crippen LogP contribution in [-0.4, -0.2) is 17.1 Å². The monoisotopic (exact) mass is 195 g/mol. The van der Waals surface area contributed by atoms with Crippen LogP contribution in [0.3, 0.4) is 0 Å². The normalized spacial score (nSPS) is 9.46. The standard InChI is InChI=1S/C9H13N3S/c1-6-4-5-7(2)11-8(6)12-9(13)10-3/h4-5H,1-3H3,(H2,10,11,12,13). The van der Waals surface area contributed by atoms with Gasteiger partial charge in [-0.05, 0) is 37.7 Å². The largest absolute Gasteiger partial charge is 0.365 e. The minimum Gasteiger partial charge on any atom is -0.365 e. The van der Waals surface area contributed by atoms with E-state index in [2.05, 4.69) is 15.6 Å².